The van der Waals surface area contributed by atoms with E-state index in [1.54, 1.807) is 12.1 Å². The summed E-state index contributed by atoms with van der Waals surface area (Å²) in [5.41, 5.74) is 0.537. The molecular weight excluding hydrogens is 370 g/mol. The van der Waals surface area contributed by atoms with Gasteiger partial charge in [0.15, 0.2) is 0 Å². The van der Waals surface area contributed by atoms with Crippen LogP contribution < -0.4 is 9.46 Å². The van der Waals surface area contributed by atoms with Crippen molar-refractivity contribution >= 4 is 20.8 Å². The summed E-state index contributed by atoms with van der Waals surface area (Å²) < 4.78 is 35.6. The number of nitrogens with one attached hydrogen (secondary N) is 1. The van der Waals surface area contributed by atoms with Crippen LogP contribution >= 0.6 is 0 Å². The normalized spacial score (nSPS) is 18.4. The van der Waals surface area contributed by atoms with Crippen molar-refractivity contribution in [2.75, 3.05) is 0 Å². The standard InChI is InChI=1S/C23H25NO3S/c1-3-23(4-2)16-21(20-11-7-8-12-22(20)27-23)24-28(25,26)19-14-13-17-9-5-6-10-18(17)15-19/h5-15,21,24H,3-4,16H2,1-2H3. The molecule has 1 unspecified atom stereocenters. The lowest BCUT2D eigenvalue weighted by atomic mass is 9.84. The van der Waals surface area contributed by atoms with E-state index in [9.17, 15) is 8.42 Å². The first-order chi connectivity index (χ1) is 13.5. The highest BCUT2D eigenvalue weighted by Crippen LogP contribution is 2.43. The largest absolute Gasteiger partial charge is 0.487 e. The SMILES string of the molecule is CCC1(CC)CC(NS(=O)(=O)c2ccc3ccccc3c2)c2ccccc2O1. The van der Waals surface area contributed by atoms with Crippen molar-refractivity contribution in [3.63, 3.8) is 0 Å². The first-order valence-electron chi connectivity index (χ1n) is 9.75. The quantitative estimate of drug-likeness (QED) is 0.646. The van der Waals surface area contributed by atoms with Crippen molar-refractivity contribution < 1.29 is 13.2 Å². The Bertz CT molecular complexity index is 1100. The topological polar surface area (TPSA) is 55.4 Å². The predicted octanol–water partition coefficient (Wildman–Crippen LogP) is 5.20. The molecule has 1 N–H and O–H groups in total. The van der Waals surface area contributed by atoms with Gasteiger partial charge in [0.05, 0.1) is 10.9 Å². The highest BCUT2D eigenvalue weighted by molar-refractivity contribution is 7.89. The molecule has 1 aliphatic heterocycles. The summed E-state index contributed by atoms with van der Waals surface area (Å²) in [6.45, 7) is 4.18. The molecule has 0 fully saturated rings. The van der Waals surface area contributed by atoms with Crippen LogP contribution in [0.5, 0.6) is 5.75 Å². The molecule has 1 heterocycles. The van der Waals surface area contributed by atoms with Crippen molar-refractivity contribution in [3.05, 3.63) is 72.3 Å². The fourth-order valence-corrected chi connectivity index (χ4v) is 5.25. The number of para-hydroxylation sites is 1. The van der Waals surface area contributed by atoms with E-state index in [1.807, 2.05) is 54.6 Å². The third kappa shape index (κ3) is 3.40. The first kappa shape index (κ1) is 19.0. The molecule has 0 saturated carbocycles. The second-order valence-corrected chi connectivity index (χ2v) is 9.13. The molecule has 146 valence electrons. The van der Waals surface area contributed by atoms with E-state index in [1.165, 1.54) is 0 Å². The molecular formula is C23H25NO3S. The maximum Gasteiger partial charge on any atom is 0.241 e. The maximum atomic E-state index is 13.2. The van der Waals surface area contributed by atoms with Crippen molar-refractivity contribution in [1.82, 2.24) is 4.72 Å². The number of rotatable bonds is 5. The van der Waals surface area contributed by atoms with E-state index in [0.717, 1.165) is 34.9 Å². The Kier molecular flexibility index (Phi) is 4.89. The minimum Gasteiger partial charge on any atom is -0.487 e. The Morgan fingerprint density at radius 1 is 0.964 bits per heavy atom. The highest BCUT2D eigenvalue weighted by atomic mass is 32.2. The summed E-state index contributed by atoms with van der Waals surface area (Å²) in [6, 6.07) is 20.4. The van der Waals surface area contributed by atoms with Crippen LogP contribution in [0, 0.1) is 0 Å². The van der Waals surface area contributed by atoms with E-state index in [4.69, 9.17) is 4.74 Å². The first-order valence-corrected chi connectivity index (χ1v) is 11.2. The molecule has 4 rings (SSSR count). The fourth-order valence-electron chi connectivity index (χ4n) is 4.00. The third-order valence-corrected chi connectivity index (χ3v) is 7.28. The minimum atomic E-state index is -3.67. The predicted molar refractivity (Wildman–Crippen MR) is 112 cm³/mol. The van der Waals surface area contributed by atoms with Gasteiger partial charge in [-0.15, -0.1) is 0 Å². The van der Waals surface area contributed by atoms with E-state index >= 15 is 0 Å². The van der Waals surface area contributed by atoms with Gasteiger partial charge in [0.1, 0.15) is 11.4 Å². The lowest BCUT2D eigenvalue weighted by Crippen LogP contribution is -2.44. The lowest BCUT2D eigenvalue weighted by molar-refractivity contribution is 0.0260. The second kappa shape index (κ2) is 7.22. The summed E-state index contributed by atoms with van der Waals surface area (Å²) in [6.07, 6.45) is 2.27. The van der Waals surface area contributed by atoms with Crippen LogP contribution in [-0.4, -0.2) is 14.0 Å². The minimum absolute atomic E-state index is 0.286. The van der Waals surface area contributed by atoms with Crippen LogP contribution in [0.2, 0.25) is 0 Å². The number of hydrogen-bond donors (Lipinski definition) is 1. The monoisotopic (exact) mass is 395 g/mol. The third-order valence-electron chi connectivity index (χ3n) is 5.81. The summed E-state index contributed by atoms with van der Waals surface area (Å²) in [4.78, 5) is 0.286. The van der Waals surface area contributed by atoms with Crippen LogP contribution in [0.15, 0.2) is 71.6 Å². The summed E-state index contributed by atoms with van der Waals surface area (Å²) in [5.74, 6) is 0.767. The van der Waals surface area contributed by atoms with Crippen molar-refractivity contribution in [2.24, 2.45) is 0 Å². The fraction of sp³-hybridized carbons (Fsp3) is 0.304. The molecule has 0 aromatic heterocycles. The van der Waals surface area contributed by atoms with E-state index in [0.29, 0.717) is 6.42 Å². The van der Waals surface area contributed by atoms with Crippen molar-refractivity contribution in [1.29, 1.82) is 0 Å². The molecule has 0 bridgehead atoms. The van der Waals surface area contributed by atoms with Crippen LogP contribution in [0.1, 0.15) is 44.7 Å². The summed E-state index contributed by atoms with van der Waals surface area (Å²) in [5, 5.41) is 1.93. The lowest BCUT2D eigenvalue weighted by Gasteiger charge is -2.41. The van der Waals surface area contributed by atoms with Gasteiger partial charge in [-0.05, 0) is 41.8 Å². The zero-order valence-electron chi connectivity index (χ0n) is 16.2. The zero-order valence-corrected chi connectivity index (χ0v) is 17.0. The molecule has 4 nitrogen and oxygen atoms in total. The number of fused-ring (bicyclic) bond motifs is 2. The molecule has 0 radical (unpaired) electrons. The van der Waals surface area contributed by atoms with E-state index in [2.05, 4.69) is 18.6 Å². The number of benzene rings is 3. The molecule has 0 amide bonds. The van der Waals surface area contributed by atoms with Gasteiger partial charge < -0.3 is 4.74 Å². The molecule has 1 aliphatic rings. The summed E-state index contributed by atoms with van der Waals surface area (Å²) in [7, 11) is -3.67. The summed E-state index contributed by atoms with van der Waals surface area (Å²) >= 11 is 0. The van der Waals surface area contributed by atoms with Crippen LogP contribution in [-0.2, 0) is 10.0 Å². The highest BCUT2D eigenvalue weighted by Gasteiger charge is 2.39. The van der Waals surface area contributed by atoms with Gasteiger partial charge in [0.25, 0.3) is 0 Å². The van der Waals surface area contributed by atoms with Gasteiger partial charge in [0.2, 0.25) is 10.0 Å². The molecule has 0 spiro atoms. The number of hydrogen-bond acceptors (Lipinski definition) is 3. The van der Waals surface area contributed by atoms with E-state index < -0.39 is 10.0 Å². The maximum absolute atomic E-state index is 13.2. The average Bonchev–Trinajstić information content (AvgIpc) is 2.73. The Balaban J connectivity index is 1.71. The Hall–Kier alpha value is -2.37. The zero-order chi connectivity index (χ0) is 19.8. The van der Waals surface area contributed by atoms with Gasteiger partial charge in [0, 0.05) is 12.0 Å². The van der Waals surface area contributed by atoms with Crippen LogP contribution in [0.3, 0.4) is 0 Å². The molecule has 1 atom stereocenters. The molecule has 0 aliphatic carbocycles. The molecule has 0 saturated heterocycles. The van der Waals surface area contributed by atoms with Crippen LogP contribution in [0.25, 0.3) is 10.8 Å². The molecule has 28 heavy (non-hydrogen) atoms. The van der Waals surface area contributed by atoms with Gasteiger partial charge >= 0.3 is 0 Å². The number of ether oxygens (including phenoxy) is 1. The molecule has 3 aromatic carbocycles. The molecule has 3 aromatic rings. The smallest absolute Gasteiger partial charge is 0.241 e. The van der Waals surface area contributed by atoms with Gasteiger partial charge in [-0.2, -0.15) is 0 Å². The Morgan fingerprint density at radius 2 is 1.64 bits per heavy atom. The van der Waals surface area contributed by atoms with E-state index in [-0.39, 0.29) is 16.5 Å². The van der Waals surface area contributed by atoms with Gasteiger partial charge in [-0.25, -0.2) is 13.1 Å². The number of sulfonamides is 1. The second-order valence-electron chi connectivity index (χ2n) is 7.42. The average molecular weight is 396 g/mol. The Labute approximate surface area is 166 Å². The Morgan fingerprint density at radius 3 is 2.39 bits per heavy atom. The van der Waals surface area contributed by atoms with Crippen molar-refractivity contribution in [3.8, 4) is 5.75 Å². The van der Waals surface area contributed by atoms with Crippen molar-refractivity contribution in [2.45, 2.75) is 49.6 Å². The van der Waals surface area contributed by atoms with Gasteiger partial charge in [-0.1, -0.05) is 62.4 Å². The van der Waals surface area contributed by atoms with Gasteiger partial charge in [-0.3, -0.25) is 0 Å². The molecule has 5 heteroatoms. The van der Waals surface area contributed by atoms with Crippen LogP contribution in [0.4, 0.5) is 0 Å².